The van der Waals surface area contributed by atoms with E-state index in [4.69, 9.17) is 16.9 Å². The second kappa shape index (κ2) is 6.86. The van der Waals surface area contributed by atoms with E-state index in [1.165, 1.54) is 11.8 Å². The first-order valence-corrected chi connectivity index (χ1v) is 8.28. The minimum atomic E-state index is 0.0343. The predicted molar refractivity (Wildman–Crippen MR) is 92.7 cm³/mol. The lowest BCUT2D eigenvalue weighted by Gasteiger charge is -2.16. The molecule has 4 nitrogen and oxygen atoms in total. The zero-order valence-electron chi connectivity index (χ0n) is 12.1. The van der Waals surface area contributed by atoms with Gasteiger partial charge in [-0.3, -0.25) is 9.69 Å². The average molecular weight is 342 g/mol. The zero-order valence-corrected chi connectivity index (χ0v) is 13.6. The summed E-state index contributed by atoms with van der Waals surface area (Å²) in [4.78, 5) is 18.3. The number of rotatable bonds is 3. The van der Waals surface area contributed by atoms with Crippen molar-refractivity contribution < 1.29 is 4.79 Å². The van der Waals surface area contributed by atoms with Gasteiger partial charge in [0.1, 0.15) is 0 Å². The molecule has 2 aromatic carbocycles. The third-order valence-electron chi connectivity index (χ3n) is 3.33. The maximum atomic E-state index is 12.1. The molecule has 1 amide bonds. The molecule has 1 saturated heterocycles. The molecule has 1 heterocycles. The van der Waals surface area contributed by atoms with E-state index >= 15 is 0 Å². The Labute approximate surface area is 143 Å². The maximum absolute atomic E-state index is 12.1. The first-order chi connectivity index (χ1) is 11.2. The summed E-state index contributed by atoms with van der Waals surface area (Å²) in [6.07, 6.45) is 0. The highest BCUT2D eigenvalue weighted by atomic mass is 35.5. The molecule has 2 aromatic rings. The van der Waals surface area contributed by atoms with E-state index in [0.29, 0.717) is 28.1 Å². The number of amides is 1. The lowest BCUT2D eigenvalue weighted by molar-refractivity contribution is -0.124. The van der Waals surface area contributed by atoms with Crippen LogP contribution in [0.15, 0.2) is 53.5 Å². The second-order valence-electron chi connectivity index (χ2n) is 4.95. The highest BCUT2D eigenvalue weighted by molar-refractivity contribution is 8.15. The van der Waals surface area contributed by atoms with E-state index in [1.54, 1.807) is 29.2 Å². The van der Waals surface area contributed by atoms with Gasteiger partial charge in [-0.25, -0.2) is 4.99 Å². The number of carbonyl (C=O) groups is 1. The van der Waals surface area contributed by atoms with Crippen LogP contribution >= 0.6 is 23.4 Å². The number of halogens is 1. The SMILES string of the molecule is N#Cc1ccc(CN2C(=O)CSC2=Nc2ccc(Cl)cc2)cc1. The smallest absolute Gasteiger partial charge is 0.239 e. The number of hydrogen-bond donors (Lipinski definition) is 0. The number of benzene rings is 2. The number of amidine groups is 1. The lowest BCUT2D eigenvalue weighted by atomic mass is 10.1. The van der Waals surface area contributed by atoms with Gasteiger partial charge in [-0.05, 0) is 42.0 Å². The largest absolute Gasteiger partial charge is 0.286 e. The fraction of sp³-hybridized carbons (Fsp3) is 0.118. The van der Waals surface area contributed by atoms with Crippen molar-refractivity contribution in [2.75, 3.05) is 5.75 Å². The van der Waals surface area contributed by atoms with Crippen LogP contribution in [0.25, 0.3) is 0 Å². The minimum Gasteiger partial charge on any atom is -0.286 e. The van der Waals surface area contributed by atoms with Crippen LogP contribution in [0.2, 0.25) is 5.02 Å². The molecule has 6 heteroatoms. The molecule has 0 atom stereocenters. The van der Waals surface area contributed by atoms with E-state index in [0.717, 1.165) is 11.3 Å². The third kappa shape index (κ3) is 3.73. The third-order valence-corrected chi connectivity index (χ3v) is 4.54. The van der Waals surface area contributed by atoms with Gasteiger partial charge in [0.25, 0.3) is 0 Å². The molecule has 114 valence electrons. The van der Waals surface area contributed by atoms with E-state index in [2.05, 4.69) is 11.1 Å². The van der Waals surface area contributed by atoms with Crippen molar-refractivity contribution >= 4 is 40.1 Å². The number of thioether (sulfide) groups is 1. The van der Waals surface area contributed by atoms with Crippen molar-refractivity contribution in [2.24, 2.45) is 4.99 Å². The minimum absolute atomic E-state index is 0.0343. The fourth-order valence-electron chi connectivity index (χ4n) is 2.13. The Kier molecular flexibility index (Phi) is 4.65. The van der Waals surface area contributed by atoms with Crippen molar-refractivity contribution in [1.29, 1.82) is 5.26 Å². The summed E-state index contributed by atoms with van der Waals surface area (Å²) in [5.74, 6) is 0.426. The zero-order chi connectivity index (χ0) is 16.2. The van der Waals surface area contributed by atoms with Crippen molar-refractivity contribution in [1.82, 2.24) is 4.90 Å². The van der Waals surface area contributed by atoms with E-state index < -0.39 is 0 Å². The highest BCUT2D eigenvalue weighted by Gasteiger charge is 2.28. The van der Waals surface area contributed by atoms with Crippen molar-refractivity contribution in [3.63, 3.8) is 0 Å². The normalized spacial score (nSPS) is 15.9. The van der Waals surface area contributed by atoms with Crippen LogP contribution in [-0.2, 0) is 11.3 Å². The number of carbonyl (C=O) groups excluding carboxylic acids is 1. The Balaban J connectivity index is 1.81. The van der Waals surface area contributed by atoms with Crippen LogP contribution in [-0.4, -0.2) is 21.7 Å². The topological polar surface area (TPSA) is 56.5 Å². The molecular formula is C17H12ClN3OS. The van der Waals surface area contributed by atoms with Gasteiger partial charge in [-0.15, -0.1) is 0 Å². The quantitative estimate of drug-likeness (QED) is 0.848. The van der Waals surface area contributed by atoms with Gasteiger partial charge in [0.2, 0.25) is 5.91 Å². The van der Waals surface area contributed by atoms with Gasteiger partial charge in [-0.1, -0.05) is 35.5 Å². The molecule has 0 unspecified atom stereocenters. The molecule has 0 saturated carbocycles. The molecule has 0 aromatic heterocycles. The summed E-state index contributed by atoms with van der Waals surface area (Å²) in [5, 5.41) is 10.2. The average Bonchev–Trinajstić information content (AvgIpc) is 2.91. The van der Waals surface area contributed by atoms with Crippen molar-refractivity contribution in [3.8, 4) is 6.07 Å². The van der Waals surface area contributed by atoms with Crippen LogP contribution in [0.1, 0.15) is 11.1 Å². The molecule has 1 aliphatic heterocycles. The molecule has 0 spiro atoms. The van der Waals surface area contributed by atoms with Crippen LogP contribution in [0, 0.1) is 11.3 Å². The number of nitrogens with zero attached hydrogens (tertiary/aromatic N) is 3. The van der Waals surface area contributed by atoms with Gasteiger partial charge in [0, 0.05) is 5.02 Å². The highest BCUT2D eigenvalue weighted by Crippen LogP contribution is 2.26. The van der Waals surface area contributed by atoms with Gasteiger partial charge >= 0.3 is 0 Å². The number of aliphatic imine (C=N–C) groups is 1. The summed E-state index contributed by atoms with van der Waals surface area (Å²) in [5.41, 5.74) is 2.33. The Bertz CT molecular complexity index is 794. The van der Waals surface area contributed by atoms with Gasteiger partial charge in [0.15, 0.2) is 5.17 Å². The van der Waals surface area contributed by atoms with Gasteiger partial charge < -0.3 is 0 Å². The Hall–Kier alpha value is -2.29. The van der Waals surface area contributed by atoms with Gasteiger partial charge in [-0.2, -0.15) is 5.26 Å². The lowest BCUT2D eigenvalue weighted by Crippen LogP contribution is -2.28. The Morgan fingerprint density at radius 3 is 2.52 bits per heavy atom. The standard InChI is InChI=1S/C17H12ClN3OS/c18-14-5-7-15(8-6-14)20-17-21(16(22)11-23-17)10-13-3-1-12(9-19)2-4-13/h1-8H,10-11H2. The van der Waals surface area contributed by atoms with Crippen LogP contribution < -0.4 is 0 Å². The van der Waals surface area contributed by atoms with Crippen molar-refractivity contribution in [3.05, 3.63) is 64.7 Å². The second-order valence-corrected chi connectivity index (χ2v) is 6.33. The number of hydrogen-bond acceptors (Lipinski definition) is 4. The molecule has 1 aliphatic rings. The fourth-order valence-corrected chi connectivity index (χ4v) is 3.16. The van der Waals surface area contributed by atoms with Crippen LogP contribution in [0.3, 0.4) is 0 Å². The van der Waals surface area contributed by atoms with Crippen molar-refractivity contribution in [2.45, 2.75) is 6.54 Å². The molecule has 23 heavy (non-hydrogen) atoms. The van der Waals surface area contributed by atoms with Crippen LogP contribution in [0.5, 0.6) is 0 Å². The Morgan fingerprint density at radius 2 is 1.87 bits per heavy atom. The summed E-state index contributed by atoms with van der Waals surface area (Å²) in [6.45, 7) is 0.448. The summed E-state index contributed by atoms with van der Waals surface area (Å²) < 4.78 is 0. The first kappa shape index (κ1) is 15.6. The van der Waals surface area contributed by atoms with E-state index in [1.807, 2.05) is 24.3 Å². The molecule has 0 N–H and O–H groups in total. The monoisotopic (exact) mass is 341 g/mol. The summed E-state index contributed by atoms with van der Waals surface area (Å²) in [7, 11) is 0. The first-order valence-electron chi connectivity index (χ1n) is 6.92. The van der Waals surface area contributed by atoms with E-state index in [9.17, 15) is 4.79 Å². The van der Waals surface area contributed by atoms with E-state index in [-0.39, 0.29) is 5.91 Å². The summed E-state index contributed by atoms with van der Waals surface area (Å²) in [6, 6.07) is 16.5. The van der Waals surface area contributed by atoms with Crippen LogP contribution in [0.4, 0.5) is 5.69 Å². The maximum Gasteiger partial charge on any atom is 0.239 e. The molecule has 0 aliphatic carbocycles. The molecular weight excluding hydrogens is 330 g/mol. The summed E-state index contributed by atoms with van der Waals surface area (Å²) >= 11 is 7.30. The Morgan fingerprint density at radius 1 is 1.17 bits per heavy atom. The molecule has 0 bridgehead atoms. The number of nitriles is 1. The molecule has 0 radical (unpaired) electrons. The van der Waals surface area contributed by atoms with Gasteiger partial charge in [0.05, 0.1) is 29.6 Å². The molecule has 3 rings (SSSR count). The predicted octanol–water partition coefficient (Wildman–Crippen LogP) is 3.97. The molecule has 1 fully saturated rings.